The van der Waals surface area contributed by atoms with Gasteiger partial charge >= 0.3 is 5.97 Å². The summed E-state index contributed by atoms with van der Waals surface area (Å²) in [4.78, 5) is 12.7. The van der Waals surface area contributed by atoms with Crippen LogP contribution in [0.25, 0.3) is 0 Å². The number of fused-ring (bicyclic) bond motifs is 3. The Morgan fingerprint density at radius 1 is 1.16 bits per heavy atom. The van der Waals surface area contributed by atoms with Gasteiger partial charge < -0.3 is 24.4 Å². The lowest BCUT2D eigenvalue weighted by Crippen LogP contribution is -2.32. The molecule has 1 saturated heterocycles. The zero-order chi connectivity index (χ0) is 26.4. The second-order valence-corrected chi connectivity index (χ2v) is 12.3. The topological polar surface area (TPSA) is 88.5 Å². The number of esters is 1. The van der Waals surface area contributed by atoms with Gasteiger partial charge in [0.25, 0.3) is 0 Å². The Morgan fingerprint density at radius 2 is 2.00 bits per heavy atom. The van der Waals surface area contributed by atoms with Crippen LogP contribution in [0.15, 0.2) is 48.6 Å². The van der Waals surface area contributed by atoms with E-state index < -0.39 is 24.3 Å². The van der Waals surface area contributed by atoms with E-state index in [-0.39, 0.29) is 24.4 Å². The van der Waals surface area contributed by atoms with Gasteiger partial charge in [-0.3, -0.25) is 0 Å². The van der Waals surface area contributed by atoms with Crippen molar-refractivity contribution >= 4 is 5.97 Å². The third kappa shape index (κ3) is 8.91. The Morgan fingerprint density at radius 3 is 2.81 bits per heavy atom. The third-order valence-electron chi connectivity index (χ3n) is 8.23. The molecule has 206 valence electrons. The van der Waals surface area contributed by atoms with Gasteiger partial charge in [-0.2, -0.15) is 0 Å². The quantitative estimate of drug-likeness (QED) is 0.300. The maximum absolute atomic E-state index is 12.7. The highest BCUT2D eigenvalue weighted by molar-refractivity contribution is 5.82. The van der Waals surface area contributed by atoms with E-state index in [1.807, 2.05) is 6.08 Å². The molecular weight excluding hydrogens is 468 g/mol. The Kier molecular flexibility index (Phi) is 9.84. The fourth-order valence-electron chi connectivity index (χ4n) is 6.12. The SMILES string of the molecule is C=C1CCC[C@@H]2CC=CC(C/C=C\C(=O)OC(C(O)/C=C/C3CCCC(C)(C)C3)C[C@@H]3OC3[C@@H](O)C1)O2. The van der Waals surface area contributed by atoms with Gasteiger partial charge in [-0.25, -0.2) is 4.79 Å². The van der Waals surface area contributed by atoms with Crippen molar-refractivity contribution in [1.29, 1.82) is 0 Å². The Hall–Kier alpha value is -1.73. The number of allylic oxidation sites excluding steroid dienone is 1. The van der Waals surface area contributed by atoms with Crippen molar-refractivity contribution in [2.24, 2.45) is 11.3 Å². The average Bonchev–Trinajstić information content (AvgIpc) is 3.61. The highest BCUT2D eigenvalue weighted by Gasteiger charge is 2.46. The largest absolute Gasteiger partial charge is 0.456 e. The van der Waals surface area contributed by atoms with Crippen molar-refractivity contribution in [3.05, 3.63) is 48.6 Å². The summed E-state index contributed by atoms with van der Waals surface area (Å²) in [5.74, 6) is -0.0711. The number of hydrogen-bond acceptors (Lipinski definition) is 6. The number of rotatable bonds is 3. The molecule has 5 unspecified atom stereocenters. The maximum atomic E-state index is 12.7. The highest BCUT2D eigenvalue weighted by Crippen LogP contribution is 2.39. The Balaban J connectivity index is 1.43. The Labute approximate surface area is 222 Å². The molecule has 0 aromatic carbocycles. The molecule has 4 aliphatic rings. The first-order chi connectivity index (χ1) is 17.7. The van der Waals surface area contributed by atoms with E-state index in [9.17, 15) is 15.0 Å². The molecule has 3 aliphatic heterocycles. The summed E-state index contributed by atoms with van der Waals surface area (Å²) < 4.78 is 17.7. The van der Waals surface area contributed by atoms with Crippen LogP contribution >= 0.6 is 0 Å². The van der Waals surface area contributed by atoms with Gasteiger partial charge in [-0.1, -0.05) is 62.8 Å². The molecule has 2 N–H and O–H groups in total. The summed E-state index contributed by atoms with van der Waals surface area (Å²) >= 11 is 0. The van der Waals surface area contributed by atoms with Crippen molar-refractivity contribution in [1.82, 2.24) is 0 Å². The molecule has 0 aromatic rings. The van der Waals surface area contributed by atoms with Crippen LogP contribution in [-0.2, 0) is 19.0 Å². The van der Waals surface area contributed by atoms with Gasteiger partial charge in [-0.15, -0.1) is 0 Å². The predicted molar refractivity (Wildman–Crippen MR) is 144 cm³/mol. The van der Waals surface area contributed by atoms with E-state index in [0.717, 1.165) is 44.1 Å². The number of hydrogen-bond donors (Lipinski definition) is 2. The number of carbonyl (C=O) groups is 1. The van der Waals surface area contributed by atoms with Crippen molar-refractivity contribution in [2.45, 2.75) is 127 Å². The van der Waals surface area contributed by atoms with Crippen LogP contribution in [0.4, 0.5) is 0 Å². The summed E-state index contributed by atoms with van der Waals surface area (Å²) in [5, 5.41) is 21.7. The summed E-state index contributed by atoms with van der Waals surface area (Å²) in [6, 6.07) is 0. The van der Waals surface area contributed by atoms with Crippen LogP contribution in [0.1, 0.15) is 84.5 Å². The van der Waals surface area contributed by atoms with Gasteiger partial charge in [0.1, 0.15) is 18.3 Å². The van der Waals surface area contributed by atoms with Gasteiger partial charge in [0.15, 0.2) is 0 Å². The van der Waals surface area contributed by atoms with E-state index in [1.165, 1.54) is 18.9 Å². The number of aliphatic hydroxyl groups is 2. The molecular formula is C31H46O6. The molecule has 0 aromatic heterocycles. The van der Waals surface area contributed by atoms with Crippen molar-refractivity contribution in [2.75, 3.05) is 0 Å². The predicted octanol–water partition coefficient (Wildman–Crippen LogP) is 5.34. The molecule has 0 spiro atoms. The van der Waals surface area contributed by atoms with Gasteiger partial charge in [-0.05, 0) is 69.1 Å². The van der Waals surface area contributed by atoms with E-state index in [2.05, 4.69) is 32.6 Å². The number of cyclic esters (lactones) is 1. The minimum absolute atomic E-state index is 0.0589. The average molecular weight is 515 g/mol. The van der Waals surface area contributed by atoms with Crippen LogP contribution in [0.2, 0.25) is 0 Å². The molecule has 37 heavy (non-hydrogen) atoms. The van der Waals surface area contributed by atoms with Crippen molar-refractivity contribution in [3.8, 4) is 0 Å². The molecule has 3 heterocycles. The zero-order valence-corrected chi connectivity index (χ0v) is 22.6. The van der Waals surface area contributed by atoms with Crippen molar-refractivity contribution < 1.29 is 29.2 Å². The van der Waals surface area contributed by atoms with Crippen LogP contribution in [0, 0.1) is 11.3 Å². The minimum Gasteiger partial charge on any atom is -0.456 e. The molecule has 2 bridgehead atoms. The van der Waals surface area contributed by atoms with Gasteiger partial charge in [0.05, 0.1) is 24.4 Å². The minimum atomic E-state index is -0.935. The van der Waals surface area contributed by atoms with E-state index in [4.69, 9.17) is 14.2 Å². The smallest absolute Gasteiger partial charge is 0.330 e. The number of epoxide rings is 1. The first-order valence-corrected chi connectivity index (χ1v) is 14.2. The van der Waals surface area contributed by atoms with Crippen LogP contribution in [0.5, 0.6) is 0 Å². The third-order valence-corrected chi connectivity index (χ3v) is 8.23. The van der Waals surface area contributed by atoms with Gasteiger partial charge in [0.2, 0.25) is 0 Å². The monoisotopic (exact) mass is 514 g/mol. The Bertz CT molecular complexity index is 873. The van der Waals surface area contributed by atoms with Crippen molar-refractivity contribution in [3.63, 3.8) is 0 Å². The summed E-state index contributed by atoms with van der Waals surface area (Å²) in [5.41, 5.74) is 1.32. The summed E-state index contributed by atoms with van der Waals surface area (Å²) in [6.45, 7) is 8.75. The molecule has 8 atom stereocenters. The van der Waals surface area contributed by atoms with Crippen LogP contribution < -0.4 is 0 Å². The lowest BCUT2D eigenvalue weighted by Gasteiger charge is -2.34. The second-order valence-electron chi connectivity index (χ2n) is 12.3. The fourth-order valence-corrected chi connectivity index (χ4v) is 6.12. The van der Waals surface area contributed by atoms with E-state index in [0.29, 0.717) is 30.6 Å². The molecule has 2 fully saturated rings. The first-order valence-electron chi connectivity index (χ1n) is 14.2. The number of ether oxygens (including phenoxy) is 3. The summed E-state index contributed by atoms with van der Waals surface area (Å²) in [6.07, 6.45) is 18.2. The maximum Gasteiger partial charge on any atom is 0.330 e. The fraction of sp³-hybridized carbons (Fsp3) is 0.710. The first kappa shape index (κ1) is 28.3. The zero-order valence-electron chi connectivity index (χ0n) is 22.6. The van der Waals surface area contributed by atoms with E-state index >= 15 is 0 Å². The molecule has 0 amide bonds. The van der Waals surface area contributed by atoms with Crippen LogP contribution in [0.3, 0.4) is 0 Å². The van der Waals surface area contributed by atoms with E-state index in [1.54, 1.807) is 12.2 Å². The lowest BCUT2D eigenvalue weighted by molar-refractivity contribution is -0.148. The molecule has 0 radical (unpaired) electrons. The second kappa shape index (κ2) is 12.9. The standard InChI is InChI=1S/C31H46O6/c1-21-8-4-10-23-11-5-12-24(35-23)13-6-14-29(34)36-27(19-28-30(37-28)26(33)18-21)25(32)16-15-22-9-7-17-31(2,3)20-22/h5-6,12,14-16,22-28,30,32-33H,1,4,7-11,13,17-20H2,2-3H3/b14-6-,16-15+/t22?,23-,24?,25?,26+,27?,28+,30?/m1/s1. The molecule has 1 saturated carbocycles. The molecule has 6 nitrogen and oxygen atoms in total. The highest BCUT2D eigenvalue weighted by atomic mass is 16.6. The normalized spacial score (nSPS) is 39.2. The molecule has 6 heteroatoms. The molecule has 1 aliphatic carbocycles. The van der Waals surface area contributed by atoms with Crippen LogP contribution in [-0.4, -0.2) is 58.9 Å². The lowest BCUT2D eigenvalue weighted by atomic mass is 9.72. The summed E-state index contributed by atoms with van der Waals surface area (Å²) in [7, 11) is 0. The number of carbonyl (C=O) groups excluding carboxylic acids is 1. The number of aliphatic hydroxyl groups excluding tert-OH is 2. The molecule has 4 rings (SSSR count). The van der Waals surface area contributed by atoms with Gasteiger partial charge in [0, 0.05) is 12.5 Å².